The highest BCUT2D eigenvalue weighted by Gasteiger charge is 2.16. The number of aromatic amines is 1. The third-order valence-electron chi connectivity index (χ3n) is 4.96. The third-order valence-corrected chi connectivity index (χ3v) is 5.98. The Balaban J connectivity index is 1.55. The first kappa shape index (κ1) is 25.4. The van der Waals surface area contributed by atoms with Crippen molar-refractivity contribution in [3.63, 3.8) is 0 Å². The number of para-hydroxylation sites is 2. The number of ether oxygens (including phenoxy) is 2. The SMILES string of the molecule is CCOc1cc(/C=C(\C#N)c2nc3ccccc3[nH]2)cc(Cl)c1OCC(=O)Nc1ccc(Cl)c(Cl)c1. The molecule has 0 aliphatic carbocycles. The summed E-state index contributed by atoms with van der Waals surface area (Å²) in [6.07, 6.45) is 1.65. The summed E-state index contributed by atoms with van der Waals surface area (Å²) < 4.78 is 11.4. The van der Waals surface area contributed by atoms with Crippen LogP contribution in [0.4, 0.5) is 5.69 Å². The molecule has 4 rings (SSSR count). The van der Waals surface area contributed by atoms with Crippen LogP contribution in [0.5, 0.6) is 11.5 Å². The zero-order chi connectivity index (χ0) is 25.7. The van der Waals surface area contributed by atoms with Crippen molar-refractivity contribution in [2.75, 3.05) is 18.5 Å². The van der Waals surface area contributed by atoms with Gasteiger partial charge in [0.05, 0.1) is 38.3 Å². The van der Waals surface area contributed by atoms with E-state index >= 15 is 0 Å². The van der Waals surface area contributed by atoms with Crippen molar-refractivity contribution in [2.45, 2.75) is 6.92 Å². The molecule has 0 unspecified atom stereocenters. The van der Waals surface area contributed by atoms with E-state index in [0.29, 0.717) is 45.1 Å². The minimum atomic E-state index is -0.424. The second kappa shape index (κ2) is 11.4. The molecule has 0 radical (unpaired) electrons. The molecule has 10 heteroatoms. The number of benzene rings is 3. The fraction of sp³-hybridized carbons (Fsp3) is 0.115. The number of rotatable bonds is 8. The second-order valence-corrected chi connectivity index (χ2v) is 8.72. The van der Waals surface area contributed by atoms with Gasteiger partial charge >= 0.3 is 0 Å². The van der Waals surface area contributed by atoms with Crippen molar-refractivity contribution in [1.29, 1.82) is 5.26 Å². The maximum atomic E-state index is 12.4. The molecule has 0 bridgehead atoms. The molecule has 2 N–H and O–H groups in total. The molecule has 1 heterocycles. The predicted octanol–water partition coefficient (Wildman–Crippen LogP) is 7.00. The molecule has 0 atom stereocenters. The van der Waals surface area contributed by atoms with Gasteiger partial charge in [0.15, 0.2) is 18.1 Å². The van der Waals surface area contributed by atoms with Crippen LogP contribution < -0.4 is 14.8 Å². The minimum Gasteiger partial charge on any atom is -0.490 e. The predicted molar refractivity (Wildman–Crippen MR) is 143 cm³/mol. The number of carbonyl (C=O) groups excluding carboxylic acids is 1. The molecular weight excluding hydrogens is 523 g/mol. The monoisotopic (exact) mass is 540 g/mol. The zero-order valence-electron chi connectivity index (χ0n) is 18.9. The Bertz CT molecular complexity index is 1480. The molecule has 4 aromatic rings. The Morgan fingerprint density at radius 3 is 2.61 bits per heavy atom. The van der Waals surface area contributed by atoms with E-state index in [4.69, 9.17) is 44.3 Å². The molecule has 0 saturated heterocycles. The van der Waals surface area contributed by atoms with E-state index in [-0.39, 0.29) is 17.4 Å². The van der Waals surface area contributed by atoms with Gasteiger partial charge in [-0.15, -0.1) is 0 Å². The van der Waals surface area contributed by atoms with Gasteiger partial charge < -0.3 is 19.8 Å². The number of anilines is 1. The van der Waals surface area contributed by atoms with Gasteiger partial charge in [-0.3, -0.25) is 4.79 Å². The number of carbonyl (C=O) groups is 1. The summed E-state index contributed by atoms with van der Waals surface area (Å²) in [6.45, 7) is 1.83. The molecule has 0 aliphatic heterocycles. The number of allylic oxidation sites excluding steroid dienone is 1. The number of amides is 1. The van der Waals surface area contributed by atoms with Gasteiger partial charge in [-0.25, -0.2) is 4.98 Å². The highest BCUT2D eigenvalue weighted by molar-refractivity contribution is 6.42. The number of imidazole rings is 1. The fourth-order valence-corrected chi connectivity index (χ4v) is 3.96. The summed E-state index contributed by atoms with van der Waals surface area (Å²) in [5.74, 6) is 0.558. The summed E-state index contributed by atoms with van der Waals surface area (Å²) in [5, 5.41) is 13.3. The van der Waals surface area contributed by atoms with Gasteiger partial charge in [-0.05, 0) is 61.0 Å². The summed E-state index contributed by atoms with van der Waals surface area (Å²) in [4.78, 5) is 20.0. The minimum absolute atomic E-state index is 0.210. The van der Waals surface area contributed by atoms with Crippen molar-refractivity contribution < 1.29 is 14.3 Å². The number of halogens is 3. The molecular formula is C26H19Cl3N4O3. The number of hydrogen-bond acceptors (Lipinski definition) is 5. The fourth-order valence-electron chi connectivity index (χ4n) is 3.38. The first-order chi connectivity index (χ1) is 17.4. The molecule has 0 fully saturated rings. The van der Waals surface area contributed by atoms with Gasteiger partial charge in [-0.1, -0.05) is 46.9 Å². The van der Waals surface area contributed by atoms with Crippen LogP contribution in [0, 0.1) is 11.3 Å². The first-order valence-electron chi connectivity index (χ1n) is 10.8. The number of fused-ring (bicyclic) bond motifs is 1. The zero-order valence-corrected chi connectivity index (χ0v) is 21.2. The molecule has 3 aromatic carbocycles. The van der Waals surface area contributed by atoms with Crippen LogP contribution >= 0.6 is 34.8 Å². The molecule has 0 aliphatic rings. The summed E-state index contributed by atoms with van der Waals surface area (Å²) in [6, 6.07) is 17.7. The van der Waals surface area contributed by atoms with Crippen LogP contribution in [-0.2, 0) is 4.79 Å². The standard InChI is InChI=1S/C26H19Cl3N4O3/c1-2-35-23-11-15(9-16(13-30)26-32-21-5-3-4-6-22(21)33-26)10-20(29)25(23)36-14-24(34)31-17-7-8-18(27)19(28)12-17/h3-12H,2,14H2,1H3,(H,31,34)(H,32,33)/b16-9+. The lowest BCUT2D eigenvalue weighted by atomic mass is 10.1. The van der Waals surface area contributed by atoms with Crippen molar-refractivity contribution in [1.82, 2.24) is 9.97 Å². The normalized spacial score (nSPS) is 11.2. The van der Waals surface area contributed by atoms with Gasteiger partial charge in [0.1, 0.15) is 11.9 Å². The lowest BCUT2D eigenvalue weighted by molar-refractivity contribution is -0.118. The number of nitrogens with one attached hydrogen (secondary N) is 2. The van der Waals surface area contributed by atoms with Crippen LogP contribution in [0.15, 0.2) is 54.6 Å². The highest BCUT2D eigenvalue weighted by Crippen LogP contribution is 2.38. The maximum Gasteiger partial charge on any atom is 0.262 e. The van der Waals surface area contributed by atoms with E-state index in [1.165, 1.54) is 6.07 Å². The van der Waals surface area contributed by atoms with Crippen LogP contribution in [0.1, 0.15) is 18.3 Å². The van der Waals surface area contributed by atoms with E-state index < -0.39 is 5.91 Å². The smallest absolute Gasteiger partial charge is 0.262 e. The Kier molecular flexibility index (Phi) is 8.01. The van der Waals surface area contributed by atoms with Crippen molar-refractivity contribution in [3.05, 3.63) is 81.1 Å². The largest absolute Gasteiger partial charge is 0.490 e. The molecule has 0 saturated carbocycles. The number of H-pyrrole nitrogens is 1. The van der Waals surface area contributed by atoms with Crippen molar-refractivity contribution >= 4 is 69.1 Å². The molecule has 36 heavy (non-hydrogen) atoms. The van der Waals surface area contributed by atoms with E-state index in [1.807, 2.05) is 31.2 Å². The number of nitriles is 1. The lowest BCUT2D eigenvalue weighted by Gasteiger charge is -2.14. The lowest BCUT2D eigenvalue weighted by Crippen LogP contribution is -2.20. The third kappa shape index (κ3) is 5.92. The summed E-state index contributed by atoms with van der Waals surface area (Å²) in [5.41, 5.74) is 2.98. The second-order valence-electron chi connectivity index (χ2n) is 7.50. The molecule has 1 aromatic heterocycles. The summed E-state index contributed by atoms with van der Waals surface area (Å²) in [7, 11) is 0. The van der Waals surface area contributed by atoms with Crippen LogP contribution in [0.25, 0.3) is 22.7 Å². The van der Waals surface area contributed by atoms with Crippen LogP contribution in [0.3, 0.4) is 0 Å². The van der Waals surface area contributed by atoms with E-state index in [2.05, 4.69) is 21.4 Å². The van der Waals surface area contributed by atoms with Crippen molar-refractivity contribution in [2.24, 2.45) is 0 Å². The van der Waals surface area contributed by atoms with E-state index in [1.54, 1.807) is 30.3 Å². The van der Waals surface area contributed by atoms with Gasteiger partial charge in [0.25, 0.3) is 5.91 Å². The average molecular weight is 542 g/mol. The van der Waals surface area contributed by atoms with Gasteiger partial charge in [0.2, 0.25) is 0 Å². The average Bonchev–Trinajstić information content (AvgIpc) is 3.28. The number of aromatic nitrogens is 2. The Morgan fingerprint density at radius 2 is 1.89 bits per heavy atom. The quantitative estimate of drug-likeness (QED) is 0.234. The Morgan fingerprint density at radius 1 is 1.08 bits per heavy atom. The van der Waals surface area contributed by atoms with E-state index in [0.717, 1.165) is 11.0 Å². The molecule has 7 nitrogen and oxygen atoms in total. The topological polar surface area (TPSA) is 100 Å². The molecule has 182 valence electrons. The molecule has 0 spiro atoms. The Labute approximate surface area is 222 Å². The van der Waals surface area contributed by atoms with Crippen molar-refractivity contribution in [3.8, 4) is 17.6 Å². The number of hydrogen-bond donors (Lipinski definition) is 2. The van der Waals surface area contributed by atoms with Gasteiger partial charge in [-0.2, -0.15) is 5.26 Å². The summed E-state index contributed by atoms with van der Waals surface area (Å²) >= 11 is 18.4. The van der Waals surface area contributed by atoms with Crippen LogP contribution in [-0.4, -0.2) is 29.1 Å². The Hall–Kier alpha value is -3.70. The van der Waals surface area contributed by atoms with E-state index in [9.17, 15) is 10.1 Å². The highest BCUT2D eigenvalue weighted by atomic mass is 35.5. The molecule has 1 amide bonds. The maximum absolute atomic E-state index is 12.4. The van der Waals surface area contributed by atoms with Gasteiger partial charge in [0, 0.05) is 5.69 Å². The van der Waals surface area contributed by atoms with Crippen LogP contribution in [0.2, 0.25) is 15.1 Å². The number of nitrogens with zero attached hydrogens (tertiary/aromatic N) is 2. The first-order valence-corrected chi connectivity index (χ1v) is 11.9.